The first-order valence-corrected chi connectivity index (χ1v) is 4.49. The van der Waals surface area contributed by atoms with Gasteiger partial charge in [-0.1, -0.05) is 27.5 Å². The number of aryl methyl sites for hydroxylation is 2. The number of hydrogen-bond donors (Lipinski definition) is 0. The van der Waals surface area contributed by atoms with E-state index in [4.69, 9.17) is 11.6 Å². The van der Waals surface area contributed by atoms with Gasteiger partial charge in [0.25, 0.3) is 0 Å². The van der Waals surface area contributed by atoms with E-state index in [0.717, 1.165) is 22.6 Å². The Morgan fingerprint density at radius 2 is 2.50 bits per heavy atom. The van der Waals surface area contributed by atoms with E-state index in [0.29, 0.717) is 0 Å². The van der Waals surface area contributed by atoms with E-state index in [1.807, 2.05) is 17.8 Å². The van der Waals surface area contributed by atoms with Crippen LogP contribution in [0.15, 0.2) is 6.20 Å². The molecule has 56 valence electrons. The number of nitrogens with zero attached hydrogens (tertiary/aromatic N) is 2. The predicted molar refractivity (Wildman–Crippen MR) is 45.8 cm³/mol. The molecule has 10 heavy (non-hydrogen) atoms. The zero-order chi connectivity index (χ0) is 7.56. The molecule has 1 rings (SSSR count). The monoisotopic (exact) mass is 222 g/mol. The second-order valence-electron chi connectivity index (χ2n) is 2.01. The molecule has 0 bridgehead atoms. The fourth-order valence-electron chi connectivity index (χ4n) is 0.695. The molecule has 0 aliphatic heterocycles. The van der Waals surface area contributed by atoms with Gasteiger partial charge in [0.2, 0.25) is 0 Å². The molecule has 0 amide bonds. The zero-order valence-electron chi connectivity index (χ0n) is 5.64. The Labute approximate surface area is 73.3 Å². The molecule has 1 heterocycles. The fraction of sp³-hybridized carbons (Fsp3) is 0.500. The molecule has 0 spiro atoms. The smallest absolute Gasteiger partial charge is 0.0814 e. The summed E-state index contributed by atoms with van der Waals surface area (Å²) < 4.78 is 1.83. The number of alkyl halides is 1. The Morgan fingerprint density at radius 3 is 2.90 bits per heavy atom. The molecule has 2 nitrogen and oxygen atoms in total. The Bertz CT molecular complexity index is 202. The summed E-state index contributed by atoms with van der Waals surface area (Å²) >= 11 is 9.08. The third-order valence-corrected chi connectivity index (χ3v) is 1.93. The van der Waals surface area contributed by atoms with Gasteiger partial charge in [-0.2, -0.15) is 5.10 Å². The minimum Gasteiger partial charge on any atom is -0.270 e. The van der Waals surface area contributed by atoms with Gasteiger partial charge in [-0.25, -0.2) is 0 Å². The van der Waals surface area contributed by atoms with Crippen molar-refractivity contribution >= 4 is 27.5 Å². The van der Waals surface area contributed by atoms with Gasteiger partial charge < -0.3 is 0 Å². The van der Waals surface area contributed by atoms with E-state index in [1.54, 1.807) is 0 Å². The van der Waals surface area contributed by atoms with E-state index in [-0.39, 0.29) is 0 Å². The van der Waals surface area contributed by atoms with E-state index >= 15 is 0 Å². The lowest BCUT2D eigenvalue weighted by atomic mass is 10.5. The summed E-state index contributed by atoms with van der Waals surface area (Å²) in [6.45, 7) is 2.76. The van der Waals surface area contributed by atoms with Gasteiger partial charge >= 0.3 is 0 Å². The molecule has 4 heteroatoms. The van der Waals surface area contributed by atoms with Crippen molar-refractivity contribution in [2.45, 2.75) is 13.5 Å². The van der Waals surface area contributed by atoms with Crippen LogP contribution < -0.4 is 0 Å². The summed E-state index contributed by atoms with van der Waals surface area (Å²) in [6, 6.07) is 0. The number of halogens is 2. The van der Waals surface area contributed by atoms with Crippen LogP contribution in [0.25, 0.3) is 0 Å². The van der Waals surface area contributed by atoms with Gasteiger partial charge in [-0.3, -0.25) is 4.68 Å². The lowest BCUT2D eigenvalue weighted by Gasteiger charge is -1.92. The topological polar surface area (TPSA) is 17.8 Å². The zero-order valence-corrected chi connectivity index (χ0v) is 7.98. The van der Waals surface area contributed by atoms with Crippen molar-refractivity contribution in [3.8, 4) is 0 Å². The summed E-state index contributed by atoms with van der Waals surface area (Å²) in [6.07, 6.45) is 1.83. The third-order valence-electron chi connectivity index (χ3n) is 1.20. The molecular formula is C6H8BrClN2. The highest BCUT2D eigenvalue weighted by Gasteiger charge is 1.99. The largest absolute Gasteiger partial charge is 0.270 e. The highest BCUT2D eigenvalue weighted by Crippen LogP contribution is 2.11. The second kappa shape index (κ2) is 3.39. The molecule has 0 saturated heterocycles. The van der Waals surface area contributed by atoms with Gasteiger partial charge in [0.05, 0.1) is 17.3 Å². The predicted octanol–water partition coefficient (Wildman–Crippen LogP) is 2.24. The molecule has 0 atom stereocenters. The maximum atomic E-state index is 5.77. The van der Waals surface area contributed by atoms with Crippen LogP contribution in [-0.4, -0.2) is 15.1 Å². The first-order chi connectivity index (χ1) is 4.74. The Morgan fingerprint density at radius 1 is 1.80 bits per heavy atom. The van der Waals surface area contributed by atoms with Crippen molar-refractivity contribution in [2.75, 3.05) is 5.33 Å². The molecule has 0 aromatic carbocycles. The quantitative estimate of drug-likeness (QED) is 0.703. The van der Waals surface area contributed by atoms with E-state index in [2.05, 4.69) is 21.0 Å². The highest BCUT2D eigenvalue weighted by molar-refractivity contribution is 9.09. The van der Waals surface area contributed by atoms with Gasteiger partial charge in [-0.15, -0.1) is 0 Å². The number of rotatable bonds is 2. The van der Waals surface area contributed by atoms with Crippen molar-refractivity contribution in [3.63, 3.8) is 0 Å². The summed E-state index contributed by atoms with van der Waals surface area (Å²) in [5.41, 5.74) is 0.891. The lowest BCUT2D eigenvalue weighted by molar-refractivity contribution is 0.662. The minimum atomic E-state index is 0.737. The SMILES string of the molecule is Cc1nn(CCBr)cc1Cl. The Balaban J connectivity index is 2.77. The highest BCUT2D eigenvalue weighted by atomic mass is 79.9. The van der Waals surface area contributed by atoms with E-state index in [1.165, 1.54) is 0 Å². The van der Waals surface area contributed by atoms with Crippen LogP contribution in [0.1, 0.15) is 5.69 Å². The summed E-state index contributed by atoms with van der Waals surface area (Å²) in [5.74, 6) is 0. The third kappa shape index (κ3) is 1.73. The van der Waals surface area contributed by atoms with Crippen LogP contribution in [0.2, 0.25) is 5.02 Å². The molecule has 0 aliphatic rings. The van der Waals surface area contributed by atoms with Gasteiger partial charge in [0.1, 0.15) is 0 Å². The van der Waals surface area contributed by atoms with Crippen LogP contribution in [0, 0.1) is 6.92 Å². The van der Waals surface area contributed by atoms with Crippen molar-refractivity contribution in [1.82, 2.24) is 9.78 Å². The average molecular weight is 224 g/mol. The van der Waals surface area contributed by atoms with Gasteiger partial charge in [0.15, 0.2) is 0 Å². The molecule has 0 N–H and O–H groups in total. The normalized spacial score (nSPS) is 10.3. The molecular weight excluding hydrogens is 215 g/mol. The molecule has 0 saturated carbocycles. The molecule has 1 aromatic rings. The van der Waals surface area contributed by atoms with Gasteiger partial charge in [0, 0.05) is 11.5 Å². The number of hydrogen-bond acceptors (Lipinski definition) is 1. The molecule has 0 radical (unpaired) electrons. The van der Waals surface area contributed by atoms with Crippen LogP contribution in [0.3, 0.4) is 0 Å². The number of aromatic nitrogens is 2. The Kier molecular flexibility index (Phi) is 2.74. The summed E-state index contributed by atoms with van der Waals surface area (Å²) in [4.78, 5) is 0. The lowest BCUT2D eigenvalue weighted by Crippen LogP contribution is -1.98. The van der Waals surface area contributed by atoms with Gasteiger partial charge in [-0.05, 0) is 6.92 Å². The van der Waals surface area contributed by atoms with Crippen LogP contribution in [0.4, 0.5) is 0 Å². The second-order valence-corrected chi connectivity index (χ2v) is 3.21. The van der Waals surface area contributed by atoms with Crippen molar-refractivity contribution in [2.24, 2.45) is 0 Å². The molecule has 0 fully saturated rings. The Hall–Kier alpha value is -0.0200. The average Bonchev–Trinajstić information content (AvgIpc) is 2.14. The van der Waals surface area contributed by atoms with Crippen LogP contribution in [0.5, 0.6) is 0 Å². The molecule has 0 aliphatic carbocycles. The van der Waals surface area contributed by atoms with E-state index < -0.39 is 0 Å². The summed E-state index contributed by atoms with van der Waals surface area (Å²) in [5, 5.41) is 5.80. The van der Waals surface area contributed by atoms with Crippen LogP contribution in [-0.2, 0) is 6.54 Å². The first-order valence-electron chi connectivity index (χ1n) is 2.99. The van der Waals surface area contributed by atoms with Crippen molar-refractivity contribution < 1.29 is 0 Å². The molecule has 0 unspecified atom stereocenters. The van der Waals surface area contributed by atoms with Crippen molar-refractivity contribution in [3.05, 3.63) is 16.9 Å². The van der Waals surface area contributed by atoms with Crippen molar-refractivity contribution in [1.29, 1.82) is 0 Å². The maximum Gasteiger partial charge on any atom is 0.0814 e. The fourth-order valence-corrected chi connectivity index (χ4v) is 1.21. The standard InChI is InChI=1S/C6H8BrClN2/c1-5-6(8)4-10(9-5)3-2-7/h4H,2-3H2,1H3. The van der Waals surface area contributed by atoms with Crippen LogP contribution >= 0.6 is 27.5 Å². The maximum absolute atomic E-state index is 5.77. The molecule has 1 aromatic heterocycles. The minimum absolute atomic E-state index is 0.737. The van der Waals surface area contributed by atoms with E-state index in [9.17, 15) is 0 Å². The summed E-state index contributed by atoms with van der Waals surface area (Å²) in [7, 11) is 0. The first kappa shape index (κ1) is 8.08.